The minimum atomic E-state index is -0.803. The number of halogens is 1. The molecular weight excluding hydrogens is 462 g/mol. The second-order valence-electron chi connectivity index (χ2n) is 7.14. The number of fused-ring (bicyclic) bond motifs is 1. The number of esters is 2. The lowest BCUT2D eigenvalue weighted by Gasteiger charge is -2.27. The molecule has 0 spiro atoms. The Morgan fingerprint density at radius 1 is 0.912 bits per heavy atom. The van der Waals surface area contributed by atoms with Crippen molar-refractivity contribution in [3.63, 3.8) is 0 Å². The van der Waals surface area contributed by atoms with Crippen LogP contribution in [0, 0.1) is 0 Å². The standard InChI is InChI=1S/C25H20ClNO7/c1-31-24(29)16-8-5-6-10-27(22(16)25(30)32-2)19-14-21-20(33-11-12-34-21)13-17(19)23(28)15-7-3-4-9-18(15)26/h3-10,13-14H,11-12H2,1-2H3. The van der Waals surface area contributed by atoms with Gasteiger partial charge in [-0.25, -0.2) is 9.59 Å². The van der Waals surface area contributed by atoms with Crippen molar-refractivity contribution >= 4 is 35.0 Å². The summed E-state index contributed by atoms with van der Waals surface area (Å²) in [4.78, 5) is 40.4. The summed E-state index contributed by atoms with van der Waals surface area (Å²) in [6, 6.07) is 9.73. The molecule has 4 rings (SSSR count). The quantitative estimate of drug-likeness (QED) is 0.470. The van der Waals surface area contributed by atoms with Crippen molar-refractivity contribution in [3.05, 3.63) is 88.2 Å². The summed E-state index contributed by atoms with van der Waals surface area (Å²) in [6.07, 6.45) is 6.15. The van der Waals surface area contributed by atoms with Gasteiger partial charge in [-0.05, 0) is 30.4 Å². The zero-order valence-electron chi connectivity index (χ0n) is 18.4. The predicted octanol–water partition coefficient (Wildman–Crippen LogP) is 3.83. The topological polar surface area (TPSA) is 91.4 Å². The maximum absolute atomic E-state index is 13.6. The Hall–Kier alpha value is -4.04. The van der Waals surface area contributed by atoms with E-state index in [2.05, 4.69) is 0 Å². The summed E-state index contributed by atoms with van der Waals surface area (Å²) >= 11 is 6.30. The molecule has 0 unspecified atom stereocenters. The number of methoxy groups -OCH3 is 2. The normalized spacial score (nSPS) is 14.5. The fourth-order valence-electron chi connectivity index (χ4n) is 3.60. The predicted molar refractivity (Wildman–Crippen MR) is 124 cm³/mol. The van der Waals surface area contributed by atoms with Crippen LogP contribution in [0.3, 0.4) is 0 Å². The molecule has 34 heavy (non-hydrogen) atoms. The van der Waals surface area contributed by atoms with E-state index in [1.165, 1.54) is 37.5 Å². The zero-order valence-corrected chi connectivity index (χ0v) is 19.1. The van der Waals surface area contributed by atoms with E-state index in [-0.39, 0.29) is 33.1 Å². The van der Waals surface area contributed by atoms with Crippen LogP contribution in [0.1, 0.15) is 15.9 Å². The molecule has 0 N–H and O–H groups in total. The fraction of sp³-hybridized carbons (Fsp3) is 0.160. The number of allylic oxidation sites excluding steroid dienone is 2. The summed E-state index contributed by atoms with van der Waals surface area (Å²) in [7, 11) is 2.40. The summed E-state index contributed by atoms with van der Waals surface area (Å²) < 4.78 is 21.2. The van der Waals surface area contributed by atoms with Crippen LogP contribution in [0.15, 0.2) is 72.1 Å². The van der Waals surface area contributed by atoms with Crippen LogP contribution in [-0.4, -0.2) is 45.2 Å². The number of rotatable bonds is 5. The average molecular weight is 482 g/mol. The summed E-state index contributed by atoms with van der Waals surface area (Å²) in [5.74, 6) is -1.21. The van der Waals surface area contributed by atoms with E-state index in [1.54, 1.807) is 42.5 Å². The first-order chi connectivity index (χ1) is 16.5. The number of anilines is 1. The van der Waals surface area contributed by atoms with Gasteiger partial charge in [0.2, 0.25) is 0 Å². The molecule has 9 heteroatoms. The first-order valence-electron chi connectivity index (χ1n) is 10.2. The Morgan fingerprint density at radius 3 is 2.26 bits per heavy atom. The van der Waals surface area contributed by atoms with Gasteiger partial charge in [-0.2, -0.15) is 0 Å². The van der Waals surface area contributed by atoms with Gasteiger partial charge in [0.25, 0.3) is 0 Å². The van der Waals surface area contributed by atoms with Crippen LogP contribution in [-0.2, 0) is 19.1 Å². The van der Waals surface area contributed by atoms with Gasteiger partial charge in [-0.15, -0.1) is 0 Å². The molecule has 8 nitrogen and oxygen atoms in total. The monoisotopic (exact) mass is 481 g/mol. The number of hydrogen-bond donors (Lipinski definition) is 0. The molecule has 2 aliphatic rings. The van der Waals surface area contributed by atoms with Crippen LogP contribution in [0.25, 0.3) is 0 Å². The molecule has 0 radical (unpaired) electrons. The Morgan fingerprint density at radius 2 is 1.59 bits per heavy atom. The van der Waals surface area contributed by atoms with Gasteiger partial charge < -0.3 is 23.8 Å². The number of nitrogens with zero attached hydrogens (tertiary/aromatic N) is 1. The van der Waals surface area contributed by atoms with E-state index >= 15 is 0 Å². The molecule has 2 aromatic rings. The lowest BCUT2D eigenvalue weighted by atomic mass is 9.99. The molecular formula is C25H20ClNO7. The first kappa shape index (κ1) is 23.1. The molecule has 0 saturated heterocycles. The molecule has 0 aromatic heterocycles. The van der Waals surface area contributed by atoms with Crippen molar-refractivity contribution in [2.24, 2.45) is 0 Å². The van der Waals surface area contributed by atoms with Gasteiger partial charge in [0.05, 0.1) is 36.1 Å². The highest BCUT2D eigenvalue weighted by atomic mass is 35.5. The molecule has 0 atom stereocenters. The SMILES string of the molecule is COC(=O)C1=C(C(=O)OC)N(c2cc3c(cc2C(=O)c2ccccc2Cl)OCCO3)C=CC=C1. The fourth-order valence-corrected chi connectivity index (χ4v) is 3.82. The van der Waals surface area contributed by atoms with Crippen molar-refractivity contribution < 1.29 is 33.3 Å². The van der Waals surface area contributed by atoms with Gasteiger partial charge in [-0.3, -0.25) is 4.79 Å². The third-order valence-electron chi connectivity index (χ3n) is 5.17. The van der Waals surface area contributed by atoms with Crippen LogP contribution in [0.5, 0.6) is 11.5 Å². The van der Waals surface area contributed by atoms with E-state index in [4.69, 9.17) is 30.5 Å². The molecule has 0 amide bonds. The Balaban J connectivity index is 1.98. The van der Waals surface area contributed by atoms with Crippen molar-refractivity contribution in [2.75, 3.05) is 32.3 Å². The highest BCUT2D eigenvalue weighted by Gasteiger charge is 2.32. The van der Waals surface area contributed by atoms with E-state index < -0.39 is 17.7 Å². The van der Waals surface area contributed by atoms with E-state index in [0.717, 1.165) is 0 Å². The van der Waals surface area contributed by atoms with Crippen LogP contribution in [0.2, 0.25) is 5.02 Å². The van der Waals surface area contributed by atoms with E-state index in [1.807, 2.05) is 0 Å². The van der Waals surface area contributed by atoms with Crippen molar-refractivity contribution in [2.45, 2.75) is 0 Å². The van der Waals surface area contributed by atoms with Gasteiger partial charge in [0.1, 0.15) is 18.9 Å². The smallest absolute Gasteiger partial charge is 0.355 e. The largest absolute Gasteiger partial charge is 0.486 e. The van der Waals surface area contributed by atoms with E-state index in [0.29, 0.717) is 24.7 Å². The van der Waals surface area contributed by atoms with Crippen molar-refractivity contribution in [1.29, 1.82) is 0 Å². The van der Waals surface area contributed by atoms with Gasteiger partial charge in [-0.1, -0.05) is 29.8 Å². The molecule has 0 saturated carbocycles. The van der Waals surface area contributed by atoms with Gasteiger partial charge >= 0.3 is 11.9 Å². The Bertz CT molecular complexity index is 1260. The van der Waals surface area contributed by atoms with Crippen molar-refractivity contribution in [3.8, 4) is 11.5 Å². The third-order valence-corrected chi connectivity index (χ3v) is 5.50. The molecule has 2 aliphatic heterocycles. The number of hydrogen-bond acceptors (Lipinski definition) is 8. The summed E-state index contributed by atoms with van der Waals surface area (Å²) in [5, 5.41) is 0.264. The van der Waals surface area contributed by atoms with Crippen molar-refractivity contribution in [1.82, 2.24) is 0 Å². The lowest BCUT2D eigenvalue weighted by molar-refractivity contribution is -0.139. The molecule has 174 valence electrons. The maximum atomic E-state index is 13.6. The lowest BCUT2D eigenvalue weighted by Crippen LogP contribution is -2.28. The molecule has 0 fully saturated rings. The Kier molecular flexibility index (Phi) is 6.70. The molecule has 0 bridgehead atoms. The summed E-state index contributed by atoms with van der Waals surface area (Å²) in [6.45, 7) is 0.633. The molecule has 2 heterocycles. The minimum absolute atomic E-state index is 0.0506. The Labute approximate surface area is 200 Å². The second kappa shape index (κ2) is 9.84. The maximum Gasteiger partial charge on any atom is 0.355 e. The second-order valence-corrected chi connectivity index (χ2v) is 7.55. The number of carbonyl (C=O) groups is 3. The van der Waals surface area contributed by atoms with Gasteiger partial charge in [0.15, 0.2) is 17.3 Å². The van der Waals surface area contributed by atoms with Crippen LogP contribution >= 0.6 is 11.6 Å². The van der Waals surface area contributed by atoms with Crippen LogP contribution < -0.4 is 14.4 Å². The zero-order chi connectivity index (χ0) is 24.2. The number of carbonyl (C=O) groups excluding carboxylic acids is 3. The van der Waals surface area contributed by atoms with Gasteiger partial charge in [0, 0.05) is 17.8 Å². The third kappa shape index (κ3) is 4.27. The summed E-state index contributed by atoms with van der Waals surface area (Å²) in [5.41, 5.74) is 0.510. The number of ketones is 1. The molecule has 2 aromatic carbocycles. The highest BCUT2D eigenvalue weighted by Crippen LogP contribution is 2.41. The number of benzene rings is 2. The highest BCUT2D eigenvalue weighted by molar-refractivity contribution is 6.35. The first-order valence-corrected chi connectivity index (χ1v) is 10.6. The van der Waals surface area contributed by atoms with Crippen LogP contribution in [0.4, 0.5) is 5.69 Å². The number of ether oxygens (including phenoxy) is 4. The average Bonchev–Trinajstić information content (AvgIpc) is 3.10. The van der Waals surface area contributed by atoms with E-state index in [9.17, 15) is 14.4 Å². The molecule has 0 aliphatic carbocycles. The minimum Gasteiger partial charge on any atom is -0.486 e.